The molecule has 2 aromatic rings. The molecule has 114 valence electrons. The summed E-state index contributed by atoms with van der Waals surface area (Å²) in [6.45, 7) is 7.39. The van der Waals surface area contributed by atoms with E-state index in [1.165, 1.54) is 17.5 Å². The monoisotopic (exact) mass is 392 g/mol. The average molecular weight is 394 g/mol. The van der Waals surface area contributed by atoms with E-state index in [0.717, 1.165) is 0 Å². The Labute approximate surface area is 151 Å². The number of rotatable bonds is 3. The number of hydrogen-bond donors (Lipinski definition) is 0. The molecule has 2 aromatic carbocycles. The summed E-state index contributed by atoms with van der Waals surface area (Å²) in [5.41, 5.74) is 6.13. The van der Waals surface area contributed by atoms with Gasteiger partial charge in [0.15, 0.2) is 0 Å². The topological polar surface area (TPSA) is 0 Å². The predicted molar refractivity (Wildman–Crippen MR) is 97.9 cm³/mol. The average Bonchev–Trinajstić information content (AvgIpc) is 3.12. The summed E-state index contributed by atoms with van der Waals surface area (Å²) in [5, 5.41) is 1.67. The fourth-order valence-electron chi connectivity index (χ4n) is 3.65. The van der Waals surface area contributed by atoms with Crippen LogP contribution in [-0.4, -0.2) is 8.07 Å². The van der Waals surface area contributed by atoms with Crippen LogP contribution in [0.1, 0.15) is 21.2 Å². The molecule has 4 rings (SSSR count). The quantitative estimate of drug-likeness (QED) is 0.567. The third kappa shape index (κ3) is 2.81. The zero-order chi connectivity index (χ0) is 16.0. The molecule has 0 radical (unpaired) electrons. The van der Waals surface area contributed by atoms with E-state index in [1.807, 2.05) is 0 Å². The van der Waals surface area contributed by atoms with Crippen LogP contribution in [0.4, 0.5) is 0 Å². The Morgan fingerprint density at radius 2 is 1.43 bits per heavy atom. The van der Waals surface area contributed by atoms with Gasteiger partial charge in [0, 0.05) is 0 Å². The molecular formula is C21H22SiZr. The van der Waals surface area contributed by atoms with E-state index in [-0.39, 0.29) is 0 Å². The Balaban J connectivity index is 1.69. The summed E-state index contributed by atoms with van der Waals surface area (Å²) in [6, 6.07) is 18.1. The first-order valence-corrected chi connectivity index (χ1v) is 14.5. The summed E-state index contributed by atoms with van der Waals surface area (Å²) in [4.78, 5) is 0. The van der Waals surface area contributed by atoms with Gasteiger partial charge in [0.25, 0.3) is 0 Å². The molecule has 2 heteroatoms. The molecule has 0 N–H and O–H groups in total. The first-order valence-electron chi connectivity index (χ1n) is 8.40. The summed E-state index contributed by atoms with van der Waals surface area (Å²) in [6.07, 6.45) is 6.34. The molecule has 0 saturated heterocycles. The van der Waals surface area contributed by atoms with E-state index in [4.69, 9.17) is 0 Å². The summed E-state index contributed by atoms with van der Waals surface area (Å²) < 4.78 is 2.48. The van der Waals surface area contributed by atoms with Crippen molar-refractivity contribution in [3.8, 4) is 11.1 Å². The zero-order valence-corrected chi connectivity index (χ0v) is 17.5. The standard InChI is InChI=1S/C13H9.C8H13Si.Zr/c1-3-7-12-10(5-1)9-11-6-2-4-8-13(11)12;1-9(2,3)8-6-4-5-7-8;/h1-9H;6-7H,4H2,1-3H3;. The summed E-state index contributed by atoms with van der Waals surface area (Å²) in [5.74, 6) is 0. The Kier molecular flexibility index (Phi) is 3.94. The van der Waals surface area contributed by atoms with Gasteiger partial charge in [-0.2, -0.15) is 0 Å². The Hall–Kier alpha value is -0.980. The SMILES string of the molecule is C[Si](C)(C)C1=CC[C]([Zr][CH]2c3ccccc3-c3ccccc32)=C1. The van der Waals surface area contributed by atoms with Gasteiger partial charge >= 0.3 is 152 Å². The maximum absolute atomic E-state index is 2.59. The van der Waals surface area contributed by atoms with Gasteiger partial charge in [-0.3, -0.25) is 0 Å². The second-order valence-corrected chi connectivity index (χ2v) is 16.3. The van der Waals surface area contributed by atoms with E-state index in [2.05, 4.69) is 80.3 Å². The van der Waals surface area contributed by atoms with Gasteiger partial charge in [-0.25, -0.2) is 0 Å². The van der Waals surface area contributed by atoms with Crippen molar-refractivity contribution < 1.29 is 23.2 Å². The molecule has 0 nitrogen and oxygen atoms in total. The van der Waals surface area contributed by atoms with Gasteiger partial charge in [0.1, 0.15) is 0 Å². The Bertz CT molecular complexity index is 778. The molecule has 0 aliphatic heterocycles. The molecule has 2 aliphatic rings. The van der Waals surface area contributed by atoms with Crippen molar-refractivity contribution in [2.24, 2.45) is 0 Å². The van der Waals surface area contributed by atoms with Crippen LogP contribution in [-0.2, 0) is 23.2 Å². The number of allylic oxidation sites excluding steroid dienone is 4. The Morgan fingerprint density at radius 3 is 1.96 bits per heavy atom. The molecule has 0 amide bonds. The third-order valence-electron chi connectivity index (χ3n) is 4.90. The van der Waals surface area contributed by atoms with Crippen molar-refractivity contribution in [1.82, 2.24) is 0 Å². The summed E-state index contributed by atoms with van der Waals surface area (Å²) in [7, 11) is -1.15. The minimum absolute atomic E-state index is 0.642. The minimum atomic E-state index is -1.15. The number of benzene rings is 2. The van der Waals surface area contributed by atoms with Gasteiger partial charge in [-0.15, -0.1) is 0 Å². The molecule has 23 heavy (non-hydrogen) atoms. The van der Waals surface area contributed by atoms with E-state index >= 15 is 0 Å². The van der Waals surface area contributed by atoms with Crippen molar-refractivity contribution >= 4 is 8.07 Å². The van der Waals surface area contributed by atoms with Crippen molar-refractivity contribution in [3.05, 3.63) is 80.3 Å². The van der Waals surface area contributed by atoms with Crippen LogP contribution in [0.2, 0.25) is 19.6 Å². The molecule has 0 unspecified atom stereocenters. The van der Waals surface area contributed by atoms with Crippen LogP contribution in [0.15, 0.2) is 69.2 Å². The van der Waals surface area contributed by atoms with Crippen LogP contribution in [0.25, 0.3) is 11.1 Å². The van der Waals surface area contributed by atoms with Gasteiger partial charge in [-0.1, -0.05) is 0 Å². The fourth-order valence-corrected chi connectivity index (χ4v) is 9.36. The van der Waals surface area contributed by atoms with E-state index < -0.39 is 31.3 Å². The van der Waals surface area contributed by atoms with Gasteiger partial charge < -0.3 is 0 Å². The van der Waals surface area contributed by atoms with Crippen molar-refractivity contribution in [2.45, 2.75) is 29.7 Å². The number of fused-ring (bicyclic) bond motifs is 3. The van der Waals surface area contributed by atoms with Crippen molar-refractivity contribution in [1.29, 1.82) is 0 Å². The molecule has 0 bridgehead atoms. The van der Waals surface area contributed by atoms with Crippen LogP contribution in [0.5, 0.6) is 0 Å². The fraction of sp³-hybridized carbons (Fsp3) is 0.238. The molecule has 0 aromatic heterocycles. The normalized spacial score (nSPS) is 16.7. The predicted octanol–water partition coefficient (Wildman–Crippen LogP) is 5.93. The second-order valence-electron chi connectivity index (χ2n) is 7.54. The molecule has 0 fully saturated rings. The van der Waals surface area contributed by atoms with E-state index in [9.17, 15) is 0 Å². The molecular weight excluding hydrogens is 372 g/mol. The van der Waals surface area contributed by atoms with E-state index in [0.29, 0.717) is 3.63 Å². The maximum atomic E-state index is 2.59. The first kappa shape index (κ1) is 15.5. The third-order valence-corrected chi connectivity index (χ3v) is 11.0. The van der Waals surface area contributed by atoms with Gasteiger partial charge in [0.2, 0.25) is 0 Å². The van der Waals surface area contributed by atoms with Crippen molar-refractivity contribution in [3.63, 3.8) is 0 Å². The van der Waals surface area contributed by atoms with E-state index in [1.54, 1.807) is 19.6 Å². The van der Waals surface area contributed by atoms with Crippen LogP contribution < -0.4 is 0 Å². The van der Waals surface area contributed by atoms with Crippen LogP contribution >= 0.6 is 0 Å². The number of hydrogen-bond acceptors (Lipinski definition) is 0. The first-order chi connectivity index (χ1) is 11.0. The summed E-state index contributed by atoms with van der Waals surface area (Å²) >= 11 is -0.642. The molecule has 0 heterocycles. The molecule has 0 atom stereocenters. The molecule has 0 saturated carbocycles. The van der Waals surface area contributed by atoms with Crippen LogP contribution in [0, 0.1) is 0 Å². The van der Waals surface area contributed by atoms with Gasteiger partial charge in [-0.05, 0) is 0 Å². The molecule has 2 aliphatic carbocycles. The van der Waals surface area contributed by atoms with Crippen molar-refractivity contribution in [2.75, 3.05) is 0 Å². The zero-order valence-electron chi connectivity index (χ0n) is 14.1. The second kappa shape index (κ2) is 5.83. The Morgan fingerprint density at radius 1 is 0.870 bits per heavy atom. The van der Waals surface area contributed by atoms with Crippen LogP contribution in [0.3, 0.4) is 0 Å². The van der Waals surface area contributed by atoms with Gasteiger partial charge in [0.05, 0.1) is 0 Å². The molecule has 0 spiro atoms.